The molecule has 4 heteroatoms. The third-order valence-electron chi connectivity index (χ3n) is 2.39. The lowest BCUT2D eigenvalue weighted by Crippen LogP contribution is -2.09. The molecular weight excluding hydrogens is 266 g/mol. The maximum absolute atomic E-state index is 4.33. The maximum Gasteiger partial charge on any atom is 0.154 e. The van der Waals surface area contributed by atoms with Crippen LogP contribution in [0.2, 0.25) is 0 Å². The maximum atomic E-state index is 4.33. The van der Waals surface area contributed by atoms with Gasteiger partial charge in [0.25, 0.3) is 0 Å². The van der Waals surface area contributed by atoms with Gasteiger partial charge in [-0.05, 0) is 23.1 Å². The van der Waals surface area contributed by atoms with Gasteiger partial charge in [-0.1, -0.05) is 36.7 Å². The molecule has 0 radical (unpaired) electrons. The molecule has 0 aliphatic rings. The molecule has 2 aromatic rings. The summed E-state index contributed by atoms with van der Waals surface area (Å²) in [6, 6.07) is 3.84. The van der Waals surface area contributed by atoms with Crippen molar-refractivity contribution in [1.82, 2.24) is 14.8 Å². The number of aromatic nitrogens is 3. The van der Waals surface area contributed by atoms with Crippen LogP contribution in [-0.4, -0.2) is 14.8 Å². The summed E-state index contributed by atoms with van der Waals surface area (Å²) in [7, 11) is 0. The van der Waals surface area contributed by atoms with Crippen molar-refractivity contribution >= 4 is 15.9 Å². The Morgan fingerprint density at radius 1 is 1.31 bits per heavy atom. The van der Waals surface area contributed by atoms with Crippen molar-refractivity contribution in [3.63, 3.8) is 0 Å². The smallest absolute Gasteiger partial charge is 0.154 e. The molecule has 3 nitrogen and oxygen atoms in total. The summed E-state index contributed by atoms with van der Waals surface area (Å²) in [5.74, 6) is 0.824. The standard InChI is InChI=1S/C12H14BrN3/c1-12(2,3)9-7-15-16(8-9)11-6-10(13)4-5-14-11/h4-8H,1-3H3. The van der Waals surface area contributed by atoms with Crippen molar-refractivity contribution in [3.05, 3.63) is 40.8 Å². The van der Waals surface area contributed by atoms with Gasteiger partial charge in [0.05, 0.1) is 6.20 Å². The first-order valence-corrected chi connectivity index (χ1v) is 5.93. The fourth-order valence-corrected chi connectivity index (χ4v) is 1.68. The summed E-state index contributed by atoms with van der Waals surface area (Å²) in [6.45, 7) is 6.51. The van der Waals surface area contributed by atoms with E-state index in [0.717, 1.165) is 10.3 Å². The molecule has 0 N–H and O–H groups in total. The highest BCUT2D eigenvalue weighted by Gasteiger charge is 2.16. The van der Waals surface area contributed by atoms with Crippen LogP contribution in [0.1, 0.15) is 26.3 Å². The topological polar surface area (TPSA) is 30.7 Å². The van der Waals surface area contributed by atoms with E-state index >= 15 is 0 Å². The van der Waals surface area contributed by atoms with E-state index in [1.807, 2.05) is 24.5 Å². The van der Waals surface area contributed by atoms with Crippen molar-refractivity contribution < 1.29 is 0 Å². The molecule has 2 heterocycles. The highest BCUT2D eigenvalue weighted by atomic mass is 79.9. The third-order valence-corrected chi connectivity index (χ3v) is 2.88. The van der Waals surface area contributed by atoms with E-state index in [-0.39, 0.29) is 5.41 Å². The second-order valence-corrected chi connectivity index (χ2v) is 5.67. The van der Waals surface area contributed by atoms with Crippen molar-refractivity contribution in [2.24, 2.45) is 0 Å². The van der Waals surface area contributed by atoms with Crippen molar-refractivity contribution in [3.8, 4) is 5.82 Å². The van der Waals surface area contributed by atoms with E-state index in [0.29, 0.717) is 0 Å². The van der Waals surface area contributed by atoms with E-state index in [4.69, 9.17) is 0 Å². The Morgan fingerprint density at radius 3 is 2.62 bits per heavy atom. The lowest BCUT2D eigenvalue weighted by molar-refractivity contribution is 0.590. The molecule has 16 heavy (non-hydrogen) atoms. The molecule has 0 fully saturated rings. The van der Waals surface area contributed by atoms with Crippen LogP contribution in [0.5, 0.6) is 0 Å². The van der Waals surface area contributed by atoms with Gasteiger partial charge < -0.3 is 0 Å². The predicted molar refractivity (Wildman–Crippen MR) is 67.8 cm³/mol. The number of halogens is 1. The van der Waals surface area contributed by atoms with Crippen molar-refractivity contribution in [2.75, 3.05) is 0 Å². The highest BCUT2D eigenvalue weighted by Crippen LogP contribution is 2.22. The number of rotatable bonds is 1. The minimum absolute atomic E-state index is 0.115. The van der Waals surface area contributed by atoms with Gasteiger partial charge in [0, 0.05) is 16.9 Å². The van der Waals surface area contributed by atoms with E-state index in [1.165, 1.54) is 5.56 Å². The van der Waals surface area contributed by atoms with E-state index in [1.54, 1.807) is 10.9 Å². The third kappa shape index (κ3) is 2.32. The van der Waals surface area contributed by atoms with E-state index in [2.05, 4.69) is 46.8 Å². The molecular formula is C12H14BrN3. The monoisotopic (exact) mass is 279 g/mol. The highest BCUT2D eigenvalue weighted by molar-refractivity contribution is 9.10. The van der Waals surface area contributed by atoms with Crippen LogP contribution in [0, 0.1) is 0 Å². The molecule has 2 aromatic heterocycles. The Bertz CT molecular complexity index is 497. The lowest BCUT2D eigenvalue weighted by Gasteiger charge is -2.14. The van der Waals surface area contributed by atoms with Crippen LogP contribution in [0.3, 0.4) is 0 Å². The molecule has 0 aromatic carbocycles. The largest absolute Gasteiger partial charge is 0.237 e. The minimum atomic E-state index is 0.115. The summed E-state index contributed by atoms with van der Waals surface area (Å²) in [4.78, 5) is 4.28. The first kappa shape index (κ1) is 11.3. The molecule has 0 amide bonds. The first-order valence-electron chi connectivity index (χ1n) is 5.14. The Labute approximate surface area is 104 Å². The molecule has 2 rings (SSSR count). The van der Waals surface area contributed by atoms with Crippen molar-refractivity contribution in [2.45, 2.75) is 26.2 Å². The van der Waals surface area contributed by atoms with Crippen molar-refractivity contribution in [1.29, 1.82) is 0 Å². The van der Waals surface area contributed by atoms with Gasteiger partial charge in [-0.3, -0.25) is 0 Å². The SMILES string of the molecule is CC(C)(C)c1cnn(-c2cc(Br)ccn2)c1. The van der Waals surface area contributed by atoms with Crippen LogP contribution >= 0.6 is 15.9 Å². The summed E-state index contributed by atoms with van der Waals surface area (Å²) in [5, 5.41) is 4.33. The van der Waals surface area contributed by atoms with Gasteiger partial charge >= 0.3 is 0 Å². The van der Waals surface area contributed by atoms with E-state index < -0.39 is 0 Å². The lowest BCUT2D eigenvalue weighted by atomic mass is 9.90. The summed E-state index contributed by atoms with van der Waals surface area (Å²) in [6.07, 6.45) is 5.68. The Hall–Kier alpha value is -1.16. The number of hydrogen-bond acceptors (Lipinski definition) is 2. The fourth-order valence-electron chi connectivity index (χ4n) is 1.35. The van der Waals surface area contributed by atoms with Gasteiger partial charge in [0.1, 0.15) is 0 Å². The predicted octanol–water partition coefficient (Wildman–Crippen LogP) is 3.33. The Kier molecular flexibility index (Phi) is 2.84. The average molecular weight is 280 g/mol. The minimum Gasteiger partial charge on any atom is -0.237 e. The number of nitrogens with zero attached hydrogens (tertiary/aromatic N) is 3. The molecule has 0 bridgehead atoms. The molecule has 0 unspecified atom stereocenters. The van der Waals surface area contributed by atoms with E-state index in [9.17, 15) is 0 Å². The van der Waals surface area contributed by atoms with Gasteiger partial charge in [-0.2, -0.15) is 5.10 Å². The normalized spacial score (nSPS) is 11.8. The van der Waals surface area contributed by atoms with Crippen LogP contribution in [0.15, 0.2) is 35.2 Å². The number of pyridine rings is 1. The fraction of sp³-hybridized carbons (Fsp3) is 0.333. The Morgan fingerprint density at radius 2 is 2.06 bits per heavy atom. The summed E-state index contributed by atoms with van der Waals surface area (Å²) < 4.78 is 2.80. The average Bonchev–Trinajstić information content (AvgIpc) is 2.65. The molecule has 0 spiro atoms. The van der Waals surface area contributed by atoms with Gasteiger partial charge in [-0.15, -0.1) is 0 Å². The quantitative estimate of drug-likeness (QED) is 0.802. The van der Waals surface area contributed by atoms with Crippen LogP contribution in [0.25, 0.3) is 5.82 Å². The Balaban J connectivity index is 2.39. The summed E-state index contributed by atoms with van der Waals surface area (Å²) in [5.41, 5.74) is 1.32. The number of hydrogen-bond donors (Lipinski definition) is 0. The molecule has 0 saturated heterocycles. The molecule has 0 aliphatic carbocycles. The van der Waals surface area contributed by atoms with Crippen LogP contribution < -0.4 is 0 Å². The zero-order valence-electron chi connectivity index (χ0n) is 9.61. The van der Waals surface area contributed by atoms with Crippen LogP contribution in [-0.2, 0) is 5.41 Å². The second kappa shape index (κ2) is 4.01. The van der Waals surface area contributed by atoms with Gasteiger partial charge in [-0.25, -0.2) is 9.67 Å². The van der Waals surface area contributed by atoms with Gasteiger partial charge in [0.2, 0.25) is 0 Å². The molecule has 0 atom stereocenters. The zero-order valence-corrected chi connectivity index (χ0v) is 11.2. The van der Waals surface area contributed by atoms with Gasteiger partial charge in [0.15, 0.2) is 5.82 Å². The van der Waals surface area contributed by atoms with Crippen LogP contribution in [0.4, 0.5) is 0 Å². The summed E-state index contributed by atoms with van der Waals surface area (Å²) >= 11 is 3.42. The molecule has 0 saturated carbocycles. The second-order valence-electron chi connectivity index (χ2n) is 4.76. The molecule has 84 valence electrons. The zero-order chi connectivity index (χ0) is 11.8. The first-order chi connectivity index (χ1) is 7.47. The molecule has 0 aliphatic heterocycles.